The fourth-order valence-corrected chi connectivity index (χ4v) is 3.83. The molecule has 0 bridgehead atoms. The molecule has 5 nitrogen and oxygen atoms in total. The van der Waals surface area contributed by atoms with E-state index in [1.165, 1.54) is 7.11 Å². The van der Waals surface area contributed by atoms with Crippen LogP contribution in [0.4, 0.5) is 0 Å². The van der Waals surface area contributed by atoms with Gasteiger partial charge >= 0.3 is 5.97 Å². The van der Waals surface area contributed by atoms with Crippen LogP contribution in [0.2, 0.25) is 0 Å². The minimum atomic E-state index is -0.467. The minimum absolute atomic E-state index is 0.0460. The summed E-state index contributed by atoms with van der Waals surface area (Å²) in [7, 11) is 1.39. The normalized spacial score (nSPS) is 25.5. The van der Waals surface area contributed by atoms with Crippen LogP contribution in [0.15, 0.2) is 12.2 Å². The van der Waals surface area contributed by atoms with E-state index in [9.17, 15) is 20.1 Å². The number of hydrogen-bond acceptors (Lipinski definition) is 5. The van der Waals surface area contributed by atoms with Gasteiger partial charge in [0.25, 0.3) is 0 Å². The van der Waals surface area contributed by atoms with E-state index in [1.807, 2.05) is 6.08 Å². The lowest BCUT2D eigenvalue weighted by atomic mass is 9.86. The highest BCUT2D eigenvalue weighted by atomic mass is 16.5. The second-order valence-electron chi connectivity index (χ2n) is 7.58. The van der Waals surface area contributed by atoms with Crippen LogP contribution in [-0.2, 0) is 9.53 Å². The van der Waals surface area contributed by atoms with E-state index in [2.05, 4.69) is 11.7 Å². The van der Waals surface area contributed by atoms with Crippen molar-refractivity contribution in [3.63, 3.8) is 0 Å². The van der Waals surface area contributed by atoms with E-state index in [0.717, 1.165) is 51.4 Å². The Morgan fingerprint density at radius 1 is 1.12 bits per heavy atom. The SMILES string of the molecule is CCCCCC(O)C=CC1C(O)CCC1C(O)CCCCCC(=O)OC. The second-order valence-corrected chi connectivity index (χ2v) is 7.58. The van der Waals surface area contributed by atoms with Gasteiger partial charge in [0.1, 0.15) is 0 Å². The standard InChI is InChI=1S/C21H38O5/c1-3-4-6-9-16(22)12-13-17-18(14-15-20(17)24)19(23)10-7-5-8-11-21(25)26-2/h12-13,16-20,22-24H,3-11,14-15H2,1-2H3. The second kappa shape index (κ2) is 13.3. The van der Waals surface area contributed by atoms with Gasteiger partial charge < -0.3 is 20.1 Å². The number of unbranched alkanes of at least 4 members (excludes halogenated alkanes) is 4. The van der Waals surface area contributed by atoms with Gasteiger partial charge in [0, 0.05) is 12.3 Å². The maximum Gasteiger partial charge on any atom is 0.305 e. The minimum Gasteiger partial charge on any atom is -0.469 e. The van der Waals surface area contributed by atoms with Crippen LogP contribution in [0.1, 0.15) is 77.6 Å². The van der Waals surface area contributed by atoms with E-state index in [-0.39, 0.29) is 17.8 Å². The van der Waals surface area contributed by atoms with Crippen molar-refractivity contribution >= 4 is 5.97 Å². The largest absolute Gasteiger partial charge is 0.469 e. The zero-order valence-electron chi connectivity index (χ0n) is 16.5. The van der Waals surface area contributed by atoms with E-state index in [4.69, 9.17) is 0 Å². The Morgan fingerprint density at radius 2 is 1.85 bits per heavy atom. The van der Waals surface area contributed by atoms with Crippen LogP contribution >= 0.6 is 0 Å². The molecule has 0 saturated heterocycles. The summed E-state index contributed by atoms with van der Waals surface area (Å²) < 4.78 is 4.62. The molecule has 0 radical (unpaired) electrons. The van der Waals surface area contributed by atoms with Crippen molar-refractivity contribution in [2.45, 2.75) is 95.9 Å². The lowest BCUT2D eigenvalue weighted by Crippen LogP contribution is -2.27. The molecule has 0 aromatic heterocycles. The molecular formula is C21H38O5. The van der Waals surface area contributed by atoms with Crippen LogP contribution in [0.3, 0.4) is 0 Å². The van der Waals surface area contributed by atoms with Gasteiger partial charge in [-0.15, -0.1) is 0 Å². The first-order valence-electron chi connectivity index (χ1n) is 10.3. The maximum atomic E-state index is 11.1. The fraction of sp³-hybridized carbons (Fsp3) is 0.857. The third-order valence-corrected chi connectivity index (χ3v) is 5.50. The van der Waals surface area contributed by atoms with E-state index < -0.39 is 18.3 Å². The highest BCUT2D eigenvalue weighted by Gasteiger charge is 2.37. The number of rotatable bonds is 13. The predicted octanol–water partition coefficient (Wildman–Crippen LogP) is 3.36. The van der Waals surface area contributed by atoms with Gasteiger partial charge in [0.2, 0.25) is 0 Å². The Morgan fingerprint density at radius 3 is 2.54 bits per heavy atom. The first kappa shape index (κ1) is 23.1. The Hall–Kier alpha value is -0.910. The van der Waals surface area contributed by atoms with Gasteiger partial charge in [0.05, 0.1) is 25.4 Å². The molecule has 0 aliphatic heterocycles. The molecule has 5 atom stereocenters. The molecule has 1 fully saturated rings. The molecule has 5 heteroatoms. The number of aliphatic hydroxyl groups excluding tert-OH is 3. The molecule has 1 saturated carbocycles. The molecule has 3 N–H and O–H groups in total. The van der Waals surface area contributed by atoms with Crippen molar-refractivity contribution in [3.05, 3.63) is 12.2 Å². The van der Waals surface area contributed by atoms with E-state index in [0.29, 0.717) is 19.3 Å². The summed E-state index contributed by atoms with van der Waals surface area (Å²) in [6.45, 7) is 2.14. The summed E-state index contributed by atoms with van der Waals surface area (Å²) in [4.78, 5) is 11.1. The molecule has 1 aliphatic carbocycles. The third-order valence-electron chi connectivity index (χ3n) is 5.50. The first-order chi connectivity index (χ1) is 12.5. The van der Waals surface area contributed by atoms with Crippen LogP contribution in [0, 0.1) is 11.8 Å². The summed E-state index contributed by atoms with van der Waals surface area (Å²) in [5.74, 6) is -0.224. The van der Waals surface area contributed by atoms with Gasteiger partial charge in [-0.05, 0) is 38.0 Å². The number of aliphatic hydroxyl groups is 3. The number of ether oxygens (including phenoxy) is 1. The van der Waals surface area contributed by atoms with Crippen LogP contribution in [-0.4, -0.2) is 46.7 Å². The van der Waals surface area contributed by atoms with Gasteiger partial charge in [-0.3, -0.25) is 4.79 Å². The van der Waals surface area contributed by atoms with Crippen LogP contribution in [0.25, 0.3) is 0 Å². The average Bonchev–Trinajstić information content (AvgIpc) is 3.00. The van der Waals surface area contributed by atoms with E-state index in [1.54, 1.807) is 6.08 Å². The van der Waals surface area contributed by atoms with Crippen molar-refractivity contribution in [2.75, 3.05) is 7.11 Å². The summed E-state index contributed by atoms with van der Waals surface area (Å²) in [5.41, 5.74) is 0. The van der Waals surface area contributed by atoms with Crippen molar-refractivity contribution in [1.29, 1.82) is 0 Å². The molecule has 0 spiro atoms. The molecule has 152 valence electrons. The van der Waals surface area contributed by atoms with Gasteiger partial charge in [-0.2, -0.15) is 0 Å². The quantitative estimate of drug-likeness (QED) is 0.263. The summed E-state index contributed by atoms with van der Waals surface area (Å²) >= 11 is 0. The maximum absolute atomic E-state index is 11.1. The summed E-state index contributed by atoms with van der Waals surface area (Å²) in [6.07, 6.45) is 11.5. The van der Waals surface area contributed by atoms with Crippen molar-refractivity contribution in [1.82, 2.24) is 0 Å². The smallest absolute Gasteiger partial charge is 0.305 e. The van der Waals surface area contributed by atoms with Crippen LogP contribution < -0.4 is 0 Å². The average molecular weight is 371 g/mol. The van der Waals surface area contributed by atoms with Crippen molar-refractivity contribution in [3.8, 4) is 0 Å². The molecule has 5 unspecified atom stereocenters. The zero-order valence-corrected chi connectivity index (χ0v) is 16.5. The molecule has 0 aromatic rings. The lowest BCUT2D eigenvalue weighted by Gasteiger charge is -2.24. The van der Waals surface area contributed by atoms with Gasteiger partial charge in [0.15, 0.2) is 0 Å². The zero-order chi connectivity index (χ0) is 19.4. The number of hydrogen-bond donors (Lipinski definition) is 3. The molecular weight excluding hydrogens is 332 g/mol. The number of carbonyl (C=O) groups excluding carboxylic acids is 1. The predicted molar refractivity (Wildman–Crippen MR) is 103 cm³/mol. The van der Waals surface area contributed by atoms with Crippen LogP contribution in [0.5, 0.6) is 0 Å². The highest BCUT2D eigenvalue weighted by Crippen LogP contribution is 2.37. The first-order valence-corrected chi connectivity index (χ1v) is 10.3. The van der Waals surface area contributed by atoms with Gasteiger partial charge in [-0.25, -0.2) is 0 Å². The molecule has 0 aromatic carbocycles. The fourth-order valence-electron chi connectivity index (χ4n) is 3.83. The lowest BCUT2D eigenvalue weighted by molar-refractivity contribution is -0.140. The molecule has 0 heterocycles. The topological polar surface area (TPSA) is 87.0 Å². The Kier molecular flexibility index (Phi) is 11.8. The monoisotopic (exact) mass is 370 g/mol. The Balaban J connectivity index is 2.37. The highest BCUT2D eigenvalue weighted by molar-refractivity contribution is 5.68. The van der Waals surface area contributed by atoms with Crippen molar-refractivity contribution in [2.24, 2.45) is 11.8 Å². The van der Waals surface area contributed by atoms with Crippen molar-refractivity contribution < 1.29 is 24.9 Å². The van der Waals surface area contributed by atoms with E-state index >= 15 is 0 Å². The molecule has 26 heavy (non-hydrogen) atoms. The number of methoxy groups -OCH3 is 1. The Labute approximate surface area is 158 Å². The molecule has 1 rings (SSSR count). The number of carbonyl (C=O) groups is 1. The third kappa shape index (κ3) is 8.65. The Bertz CT molecular complexity index is 409. The molecule has 0 amide bonds. The molecule has 1 aliphatic rings. The van der Waals surface area contributed by atoms with Gasteiger partial charge in [-0.1, -0.05) is 51.2 Å². The summed E-state index contributed by atoms with van der Waals surface area (Å²) in [5, 5.41) is 30.8. The summed E-state index contributed by atoms with van der Waals surface area (Å²) in [6, 6.07) is 0. The number of esters is 1.